The Morgan fingerprint density at radius 3 is 2.35 bits per heavy atom. The van der Waals surface area contributed by atoms with Gasteiger partial charge in [0.2, 0.25) is 0 Å². The molecule has 1 aliphatic heterocycles. The number of carbonyl (C=O) groups is 1. The Hall–Kier alpha value is -3.39. The van der Waals surface area contributed by atoms with Crippen LogP contribution in [-0.2, 0) is 16.4 Å². The van der Waals surface area contributed by atoms with E-state index in [0.29, 0.717) is 24.6 Å². The molecule has 1 fully saturated rings. The Kier molecular flexibility index (Phi) is 7.17. The van der Waals surface area contributed by atoms with E-state index in [1.54, 1.807) is 24.1 Å². The predicted molar refractivity (Wildman–Crippen MR) is 129 cm³/mol. The molecule has 0 unspecified atom stereocenters. The number of benzene rings is 3. The second kappa shape index (κ2) is 10.3. The first-order chi connectivity index (χ1) is 16.3. The molecule has 6 nitrogen and oxygen atoms in total. The second-order valence-corrected chi connectivity index (χ2v) is 10.1. The van der Waals surface area contributed by atoms with Crippen LogP contribution in [0.5, 0.6) is 5.75 Å². The molecule has 1 N–H and O–H groups in total. The van der Waals surface area contributed by atoms with E-state index in [1.807, 2.05) is 12.1 Å². The minimum absolute atomic E-state index is 0.0166. The zero-order chi connectivity index (χ0) is 24.1. The largest absolute Gasteiger partial charge is 0.497 e. The van der Waals surface area contributed by atoms with Gasteiger partial charge in [0.05, 0.1) is 12.0 Å². The van der Waals surface area contributed by atoms with E-state index >= 15 is 0 Å². The van der Waals surface area contributed by atoms with Crippen LogP contribution in [0.4, 0.5) is 10.1 Å². The quantitative estimate of drug-likeness (QED) is 0.528. The van der Waals surface area contributed by atoms with E-state index in [4.69, 9.17) is 4.74 Å². The normalized spacial score (nSPS) is 14.6. The summed E-state index contributed by atoms with van der Waals surface area (Å²) in [5.74, 6) is 0.690. The first-order valence-electron chi connectivity index (χ1n) is 11.1. The summed E-state index contributed by atoms with van der Waals surface area (Å²) in [5.41, 5.74) is 1.82. The number of sulfonamides is 1. The van der Waals surface area contributed by atoms with Crippen molar-refractivity contribution in [3.63, 3.8) is 0 Å². The van der Waals surface area contributed by atoms with Crippen molar-refractivity contribution in [1.29, 1.82) is 0 Å². The van der Waals surface area contributed by atoms with Gasteiger partial charge in [-0.3, -0.25) is 9.52 Å². The molecular weight excluding hydrogens is 455 g/mol. The first kappa shape index (κ1) is 23.8. The third kappa shape index (κ3) is 5.75. The Morgan fingerprint density at radius 1 is 1.03 bits per heavy atom. The average Bonchev–Trinajstić information content (AvgIpc) is 2.86. The van der Waals surface area contributed by atoms with Gasteiger partial charge >= 0.3 is 0 Å². The van der Waals surface area contributed by atoms with Crippen LogP contribution in [0.25, 0.3) is 0 Å². The number of anilines is 1. The van der Waals surface area contributed by atoms with E-state index < -0.39 is 15.8 Å². The number of methoxy groups -OCH3 is 1. The maximum absolute atomic E-state index is 13.1. The minimum Gasteiger partial charge on any atom is -0.497 e. The molecule has 4 rings (SSSR count). The third-order valence-corrected chi connectivity index (χ3v) is 7.45. The second-order valence-electron chi connectivity index (χ2n) is 8.43. The lowest BCUT2D eigenvalue weighted by molar-refractivity contribution is 0.0690. The highest BCUT2D eigenvalue weighted by atomic mass is 32.2. The van der Waals surface area contributed by atoms with Crippen molar-refractivity contribution in [2.45, 2.75) is 24.2 Å². The molecule has 8 heteroatoms. The standard InChI is InChI=1S/C26H27FN2O4S/c1-33-24-11-5-19(6-12-24)17-20-13-15-29(16-14-20)26(30)21-3-2-4-25(18-21)34(31,32)28-23-9-7-22(27)8-10-23/h2-12,18,20,28H,13-17H2,1H3. The summed E-state index contributed by atoms with van der Waals surface area (Å²) >= 11 is 0. The molecule has 0 aliphatic carbocycles. The Labute approximate surface area is 199 Å². The van der Waals surface area contributed by atoms with Crippen molar-refractivity contribution in [2.24, 2.45) is 5.92 Å². The van der Waals surface area contributed by atoms with Gasteiger partial charge < -0.3 is 9.64 Å². The highest BCUT2D eigenvalue weighted by Gasteiger charge is 2.25. The van der Waals surface area contributed by atoms with Gasteiger partial charge in [-0.2, -0.15) is 0 Å². The summed E-state index contributed by atoms with van der Waals surface area (Å²) in [6.45, 7) is 1.26. The van der Waals surface area contributed by atoms with Crippen LogP contribution >= 0.6 is 0 Å². The molecular formula is C26H27FN2O4S. The van der Waals surface area contributed by atoms with Crippen LogP contribution < -0.4 is 9.46 Å². The topological polar surface area (TPSA) is 75.7 Å². The number of piperidine rings is 1. The van der Waals surface area contributed by atoms with Gasteiger partial charge in [0.1, 0.15) is 11.6 Å². The molecule has 1 aliphatic rings. The fraction of sp³-hybridized carbons (Fsp3) is 0.269. The summed E-state index contributed by atoms with van der Waals surface area (Å²) in [4.78, 5) is 14.8. The van der Waals surface area contributed by atoms with Crippen molar-refractivity contribution >= 4 is 21.6 Å². The molecule has 0 aromatic heterocycles. The van der Waals surface area contributed by atoms with Crippen molar-refractivity contribution in [1.82, 2.24) is 4.90 Å². The maximum Gasteiger partial charge on any atom is 0.261 e. The maximum atomic E-state index is 13.1. The fourth-order valence-corrected chi connectivity index (χ4v) is 5.25. The molecule has 0 spiro atoms. The van der Waals surface area contributed by atoms with Gasteiger partial charge in [-0.15, -0.1) is 0 Å². The van der Waals surface area contributed by atoms with Gasteiger partial charge in [0.25, 0.3) is 15.9 Å². The Morgan fingerprint density at radius 2 is 1.71 bits per heavy atom. The highest BCUT2D eigenvalue weighted by molar-refractivity contribution is 7.92. The van der Waals surface area contributed by atoms with Gasteiger partial charge in [0.15, 0.2) is 0 Å². The number of carbonyl (C=O) groups excluding carboxylic acids is 1. The summed E-state index contributed by atoms with van der Waals surface area (Å²) in [7, 11) is -2.27. The van der Waals surface area contributed by atoms with Crippen LogP contribution in [-0.4, -0.2) is 39.4 Å². The molecule has 0 saturated carbocycles. The molecule has 178 valence electrons. The lowest BCUT2D eigenvalue weighted by Crippen LogP contribution is -2.39. The fourth-order valence-electron chi connectivity index (χ4n) is 4.15. The number of likely N-dealkylation sites (tertiary alicyclic amines) is 1. The van der Waals surface area contributed by atoms with Crippen molar-refractivity contribution in [2.75, 3.05) is 24.9 Å². The molecule has 0 atom stereocenters. The van der Waals surface area contributed by atoms with Gasteiger partial charge in [-0.05, 0) is 85.3 Å². The average molecular weight is 483 g/mol. The molecule has 1 saturated heterocycles. The molecule has 0 radical (unpaired) electrons. The highest BCUT2D eigenvalue weighted by Crippen LogP contribution is 2.25. The van der Waals surface area contributed by atoms with Crippen LogP contribution in [0.15, 0.2) is 77.7 Å². The lowest BCUT2D eigenvalue weighted by Gasteiger charge is -2.32. The molecule has 34 heavy (non-hydrogen) atoms. The van der Waals surface area contributed by atoms with E-state index in [0.717, 1.165) is 25.0 Å². The molecule has 1 amide bonds. The van der Waals surface area contributed by atoms with E-state index in [9.17, 15) is 17.6 Å². The number of rotatable bonds is 7. The minimum atomic E-state index is -3.91. The lowest BCUT2D eigenvalue weighted by atomic mass is 9.90. The predicted octanol–water partition coefficient (Wildman–Crippen LogP) is 4.73. The Bertz CT molecular complexity index is 1240. The number of hydrogen-bond donors (Lipinski definition) is 1. The zero-order valence-corrected chi connectivity index (χ0v) is 19.7. The zero-order valence-electron chi connectivity index (χ0n) is 18.9. The summed E-state index contributed by atoms with van der Waals surface area (Å²) in [6, 6.07) is 19.1. The van der Waals surface area contributed by atoms with E-state index in [-0.39, 0.29) is 16.5 Å². The van der Waals surface area contributed by atoms with E-state index in [2.05, 4.69) is 16.9 Å². The molecule has 0 bridgehead atoms. The van der Waals surface area contributed by atoms with Gasteiger partial charge in [0, 0.05) is 24.3 Å². The smallest absolute Gasteiger partial charge is 0.261 e. The molecule has 3 aromatic carbocycles. The summed E-state index contributed by atoms with van der Waals surface area (Å²) in [5, 5.41) is 0. The Balaban J connectivity index is 1.38. The van der Waals surface area contributed by atoms with Crippen molar-refractivity contribution in [3.05, 3.63) is 89.7 Å². The van der Waals surface area contributed by atoms with E-state index in [1.165, 1.54) is 42.0 Å². The number of hydrogen-bond acceptors (Lipinski definition) is 4. The summed E-state index contributed by atoms with van der Waals surface area (Å²) in [6.07, 6.45) is 2.73. The van der Waals surface area contributed by atoms with Gasteiger partial charge in [-0.1, -0.05) is 18.2 Å². The number of halogens is 1. The van der Waals surface area contributed by atoms with Crippen molar-refractivity contribution in [3.8, 4) is 5.75 Å². The van der Waals surface area contributed by atoms with Crippen LogP contribution in [0.1, 0.15) is 28.8 Å². The number of ether oxygens (including phenoxy) is 1. The number of nitrogens with one attached hydrogen (secondary N) is 1. The summed E-state index contributed by atoms with van der Waals surface area (Å²) < 4.78 is 46.2. The van der Waals surface area contributed by atoms with Crippen molar-refractivity contribution < 1.29 is 22.3 Å². The van der Waals surface area contributed by atoms with Crippen LogP contribution in [0.3, 0.4) is 0 Å². The SMILES string of the molecule is COc1ccc(CC2CCN(C(=O)c3cccc(S(=O)(=O)Nc4ccc(F)cc4)c3)CC2)cc1. The monoisotopic (exact) mass is 482 g/mol. The van der Waals surface area contributed by atoms with Crippen LogP contribution in [0.2, 0.25) is 0 Å². The van der Waals surface area contributed by atoms with Crippen LogP contribution in [0, 0.1) is 11.7 Å². The molecule has 3 aromatic rings. The third-order valence-electron chi connectivity index (χ3n) is 6.07. The molecule has 1 heterocycles. The van der Waals surface area contributed by atoms with Gasteiger partial charge in [-0.25, -0.2) is 12.8 Å². The first-order valence-corrected chi connectivity index (χ1v) is 12.6. The number of nitrogens with zero attached hydrogens (tertiary/aromatic N) is 1. The number of amides is 1.